The van der Waals surface area contributed by atoms with E-state index in [0.717, 1.165) is 6.07 Å². The first-order chi connectivity index (χ1) is 18.6. The van der Waals surface area contributed by atoms with E-state index in [1.54, 1.807) is 6.07 Å². The predicted molar refractivity (Wildman–Crippen MR) is 132 cm³/mol. The molecule has 4 amide bonds. The first-order valence-electron chi connectivity index (χ1n) is 11.7. The molecule has 206 valence electrons. The molecule has 1 aliphatic rings. The molecule has 39 heavy (non-hydrogen) atoms. The number of anilines is 1. The first-order valence-corrected chi connectivity index (χ1v) is 11.7. The SMILES string of the molecule is COC(=O)CCNc1nc2cc([C@](C)(CN3Cc4ccc(OC)c(F)c4C3=O)NC(=O)NC=O)oc2cc1F. The van der Waals surface area contributed by atoms with Gasteiger partial charge in [-0.2, -0.15) is 0 Å². The van der Waals surface area contributed by atoms with Gasteiger partial charge in [-0.15, -0.1) is 0 Å². The van der Waals surface area contributed by atoms with Gasteiger partial charge in [0.25, 0.3) is 5.91 Å². The van der Waals surface area contributed by atoms with Gasteiger partial charge >= 0.3 is 12.0 Å². The van der Waals surface area contributed by atoms with Crippen molar-refractivity contribution in [3.05, 3.63) is 52.8 Å². The average Bonchev–Trinajstić information content (AvgIpc) is 3.45. The van der Waals surface area contributed by atoms with Crippen LogP contribution in [0.5, 0.6) is 5.75 Å². The highest BCUT2D eigenvalue weighted by atomic mass is 19.1. The quantitative estimate of drug-likeness (QED) is 0.258. The normalized spacial score (nSPS) is 14.0. The number of ether oxygens (including phenoxy) is 2. The van der Waals surface area contributed by atoms with E-state index in [4.69, 9.17) is 9.15 Å². The van der Waals surface area contributed by atoms with Crippen molar-refractivity contribution >= 4 is 41.2 Å². The van der Waals surface area contributed by atoms with Gasteiger partial charge in [-0.1, -0.05) is 6.07 Å². The Morgan fingerprint density at radius 3 is 2.72 bits per heavy atom. The second-order valence-corrected chi connectivity index (χ2v) is 8.89. The summed E-state index contributed by atoms with van der Waals surface area (Å²) < 4.78 is 44.9. The largest absolute Gasteiger partial charge is 0.494 e. The number of urea groups is 1. The summed E-state index contributed by atoms with van der Waals surface area (Å²) in [7, 11) is 2.52. The van der Waals surface area contributed by atoms with E-state index in [1.807, 2.05) is 5.32 Å². The van der Waals surface area contributed by atoms with Crippen LogP contribution in [0.2, 0.25) is 0 Å². The Morgan fingerprint density at radius 2 is 2.03 bits per heavy atom. The van der Waals surface area contributed by atoms with E-state index < -0.39 is 35.1 Å². The Balaban J connectivity index is 1.65. The molecular weight excluding hydrogens is 520 g/mol. The number of nitrogens with one attached hydrogen (secondary N) is 3. The third-order valence-electron chi connectivity index (χ3n) is 6.21. The molecule has 0 unspecified atom stereocenters. The second kappa shape index (κ2) is 10.9. The van der Waals surface area contributed by atoms with Gasteiger partial charge in [-0.25, -0.2) is 18.6 Å². The Bertz CT molecular complexity index is 1460. The van der Waals surface area contributed by atoms with Gasteiger partial charge in [-0.05, 0) is 18.6 Å². The van der Waals surface area contributed by atoms with Crippen molar-refractivity contribution in [3.8, 4) is 5.75 Å². The molecule has 2 aromatic heterocycles. The van der Waals surface area contributed by atoms with E-state index in [2.05, 4.69) is 20.4 Å². The number of imide groups is 1. The number of methoxy groups -OCH3 is 2. The molecule has 0 aliphatic carbocycles. The Hall–Kier alpha value is -4.75. The van der Waals surface area contributed by atoms with Crippen LogP contribution in [0, 0.1) is 11.6 Å². The summed E-state index contributed by atoms with van der Waals surface area (Å²) in [4.78, 5) is 53.2. The Kier molecular flexibility index (Phi) is 7.65. The number of aromatic nitrogens is 1. The molecule has 0 saturated heterocycles. The summed E-state index contributed by atoms with van der Waals surface area (Å²) in [5, 5.41) is 7.26. The summed E-state index contributed by atoms with van der Waals surface area (Å²) in [6.07, 6.45) is 0.162. The fourth-order valence-corrected chi connectivity index (χ4v) is 4.31. The number of esters is 1. The maximum atomic E-state index is 14.8. The molecule has 3 heterocycles. The monoisotopic (exact) mass is 545 g/mol. The molecule has 0 fully saturated rings. The summed E-state index contributed by atoms with van der Waals surface area (Å²) in [5.74, 6) is -2.82. The number of rotatable bonds is 10. The van der Waals surface area contributed by atoms with Crippen LogP contribution in [0.4, 0.5) is 19.4 Å². The molecule has 1 aliphatic heterocycles. The van der Waals surface area contributed by atoms with Crippen molar-refractivity contribution in [2.75, 3.05) is 32.6 Å². The predicted octanol–water partition coefficient (Wildman–Crippen LogP) is 2.42. The zero-order chi connectivity index (χ0) is 28.3. The van der Waals surface area contributed by atoms with Crippen molar-refractivity contribution < 1.29 is 41.8 Å². The standard InChI is InChI=1S/C25H25F2N5O7/c1-25(31-24(36)29-12-33,11-32-10-13-4-5-16(37-2)21(27)20(13)23(32)35)18-9-15-17(39-18)8-14(26)22(30-15)28-7-6-19(34)38-3/h4-5,8-9,12H,6-7,10-11H2,1-3H3,(H,28,30)(H2,29,31,33,36)/t25-/m0/s1. The van der Waals surface area contributed by atoms with Gasteiger partial charge in [0.2, 0.25) is 6.41 Å². The molecule has 0 spiro atoms. The highest BCUT2D eigenvalue weighted by molar-refractivity contribution is 5.99. The molecule has 1 aromatic carbocycles. The average molecular weight is 545 g/mol. The lowest BCUT2D eigenvalue weighted by molar-refractivity contribution is -0.140. The molecule has 14 heteroatoms. The van der Waals surface area contributed by atoms with E-state index in [1.165, 1.54) is 38.2 Å². The van der Waals surface area contributed by atoms with Crippen LogP contribution in [0.25, 0.3) is 11.1 Å². The molecule has 3 N–H and O–H groups in total. The first kappa shape index (κ1) is 27.3. The zero-order valence-electron chi connectivity index (χ0n) is 21.2. The van der Waals surface area contributed by atoms with Crippen LogP contribution in [0.1, 0.15) is 35.0 Å². The summed E-state index contributed by atoms with van der Waals surface area (Å²) in [5.41, 5.74) is -0.945. The smallest absolute Gasteiger partial charge is 0.322 e. The van der Waals surface area contributed by atoms with Gasteiger partial charge in [-0.3, -0.25) is 19.7 Å². The topological polar surface area (TPSA) is 152 Å². The van der Waals surface area contributed by atoms with E-state index >= 15 is 0 Å². The summed E-state index contributed by atoms with van der Waals surface area (Å²) in [6.45, 7) is 1.41. The number of carbonyl (C=O) groups is 4. The zero-order valence-corrected chi connectivity index (χ0v) is 21.2. The van der Waals surface area contributed by atoms with Crippen LogP contribution in [-0.2, 0) is 26.4 Å². The molecule has 4 rings (SSSR count). The van der Waals surface area contributed by atoms with Crippen LogP contribution in [0.15, 0.2) is 28.7 Å². The van der Waals surface area contributed by atoms with Crippen molar-refractivity contribution in [2.24, 2.45) is 0 Å². The number of carbonyl (C=O) groups excluding carboxylic acids is 4. The van der Waals surface area contributed by atoms with Gasteiger partial charge in [0.05, 0.1) is 32.7 Å². The van der Waals surface area contributed by atoms with Crippen molar-refractivity contribution in [2.45, 2.75) is 25.4 Å². The molecule has 0 bridgehead atoms. The maximum absolute atomic E-state index is 14.8. The van der Waals surface area contributed by atoms with Gasteiger partial charge in [0, 0.05) is 25.2 Å². The highest BCUT2D eigenvalue weighted by Gasteiger charge is 2.40. The van der Waals surface area contributed by atoms with Crippen LogP contribution >= 0.6 is 0 Å². The van der Waals surface area contributed by atoms with Gasteiger partial charge in [0.1, 0.15) is 16.8 Å². The maximum Gasteiger partial charge on any atom is 0.322 e. The molecule has 12 nitrogen and oxygen atoms in total. The van der Waals surface area contributed by atoms with Gasteiger partial charge < -0.3 is 29.4 Å². The lowest BCUT2D eigenvalue weighted by Crippen LogP contribution is -2.53. The Morgan fingerprint density at radius 1 is 1.26 bits per heavy atom. The lowest BCUT2D eigenvalue weighted by atomic mass is 9.98. The third kappa shape index (κ3) is 5.44. The van der Waals surface area contributed by atoms with Crippen LogP contribution < -0.4 is 20.7 Å². The number of pyridine rings is 1. The minimum absolute atomic E-state index is 0.0150. The summed E-state index contributed by atoms with van der Waals surface area (Å²) >= 11 is 0. The van der Waals surface area contributed by atoms with Gasteiger partial charge in [0.15, 0.2) is 28.8 Å². The number of hydrogen-bond donors (Lipinski definition) is 3. The van der Waals surface area contributed by atoms with E-state index in [9.17, 15) is 28.0 Å². The third-order valence-corrected chi connectivity index (χ3v) is 6.21. The number of halogens is 2. The molecule has 1 atom stereocenters. The number of furan rings is 1. The minimum atomic E-state index is -1.47. The van der Waals surface area contributed by atoms with Crippen molar-refractivity contribution in [1.29, 1.82) is 0 Å². The molecule has 0 saturated carbocycles. The Labute approximate surface area is 220 Å². The number of benzene rings is 1. The minimum Gasteiger partial charge on any atom is -0.494 e. The summed E-state index contributed by atoms with van der Waals surface area (Å²) in [6, 6.07) is 4.61. The second-order valence-electron chi connectivity index (χ2n) is 8.89. The van der Waals surface area contributed by atoms with E-state index in [-0.39, 0.29) is 66.5 Å². The molecular formula is C25H25F2N5O7. The fraction of sp³-hybridized carbons (Fsp3) is 0.320. The number of nitrogens with zero attached hydrogens (tertiary/aromatic N) is 2. The fourth-order valence-electron chi connectivity index (χ4n) is 4.31. The van der Waals surface area contributed by atoms with Crippen LogP contribution in [0.3, 0.4) is 0 Å². The number of fused-ring (bicyclic) bond motifs is 2. The molecule has 0 radical (unpaired) electrons. The lowest BCUT2D eigenvalue weighted by Gasteiger charge is -2.32. The number of amides is 4. The van der Waals surface area contributed by atoms with Crippen molar-refractivity contribution in [1.82, 2.24) is 20.5 Å². The highest BCUT2D eigenvalue weighted by Crippen LogP contribution is 2.35. The van der Waals surface area contributed by atoms with E-state index in [0.29, 0.717) is 5.56 Å². The molecule has 3 aromatic rings. The number of hydrogen-bond acceptors (Lipinski definition) is 9. The van der Waals surface area contributed by atoms with Crippen molar-refractivity contribution in [3.63, 3.8) is 0 Å². The van der Waals surface area contributed by atoms with Crippen LogP contribution in [-0.4, -0.2) is 61.5 Å².